The van der Waals surface area contributed by atoms with Crippen LogP contribution in [0.1, 0.15) is 0 Å². The summed E-state index contributed by atoms with van der Waals surface area (Å²) in [7, 11) is 0. The Hall–Kier alpha value is -2.78. The monoisotopic (exact) mass is 220 g/mol. The summed E-state index contributed by atoms with van der Waals surface area (Å²) < 4.78 is 1.32. The van der Waals surface area contributed by atoms with Gasteiger partial charge < -0.3 is 11.5 Å². The first-order chi connectivity index (χ1) is 7.70. The molecule has 0 bridgehead atoms. The summed E-state index contributed by atoms with van der Waals surface area (Å²) in [6.07, 6.45) is 0. The number of aromatic amines is 3. The van der Waals surface area contributed by atoms with E-state index in [-0.39, 0.29) is 16.7 Å². The molecule has 0 fully saturated rings. The van der Waals surface area contributed by atoms with Crippen molar-refractivity contribution in [3.63, 3.8) is 0 Å². The molecule has 82 valence electrons. The summed E-state index contributed by atoms with van der Waals surface area (Å²) in [6.45, 7) is 0. The Kier molecular flexibility index (Phi) is 1.40. The molecule has 8 N–H and O–H groups in total. The maximum Gasteiger partial charge on any atom is 0.144 e. The lowest BCUT2D eigenvalue weighted by Gasteiger charge is -2.08. The molecule has 10 nitrogen and oxygen atoms in total. The minimum absolute atomic E-state index is 0.0857. The Morgan fingerprint density at radius 1 is 1.25 bits per heavy atom. The van der Waals surface area contributed by atoms with Crippen LogP contribution in [0.5, 0.6) is 0 Å². The highest BCUT2D eigenvalue weighted by molar-refractivity contribution is 6.01. The number of nitrogens with two attached hydrogens (primary N) is 2. The molecule has 0 radical (unpaired) electrons. The van der Waals surface area contributed by atoms with E-state index in [0.717, 1.165) is 0 Å². The first-order valence-electron chi connectivity index (χ1n) is 4.35. The van der Waals surface area contributed by atoms with E-state index in [9.17, 15) is 0 Å². The van der Waals surface area contributed by atoms with E-state index in [2.05, 4.69) is 31.1 Å². The number of anilines is 2. The highest BCUT2D eigenvalue weighted by Gasteiger charge is 2.13. The summed E-state index contributed by atoms with van der Waals surface area (Å²) in [6, 6.07) is 0. The van der Waals surface area contributed by atoms with Crippen LogP contribution in [-0.4, -0.2) is 35.7 Å². The van der Waals surface area contributed by atoms with Crippen LogP contribution in [0.4, 0.5) is 11.4 Å². The molecule has 10 heteroatoms. The highest BCUT2D eigenvalue weighted by atomic mass is 15.6. The molecule has 0 aliphatic heterocycles. The van der Waals surface area contributed by atoms with Crippen molar-refractivity contribution in [3.05, 3.63) is 5.36 Å². The zero-order chi connectivity index (χ0) is 11.3. The Morgan fingerprint density at radius 3 is 2.88 bits per heavy atom. The van der Waals surface area contributed by atoms with Crippen LogP contribution in [0.25, 0.3) is 16.6 Å². The smallest absolute Gasteiger partial charge is 0.144 e. The third-order valence-corrected chi connectivity index (χ3v) is 2.36. The van der Waals surface area contributed by atoms with Crippen molar-refractivity contribution in [1.82, 2.24) is 35.7 Å². The van der Waals surface area contributed by atoms with E-state index in [4.69, 9.17) is 16.9 Å². The van der Waals surface area contributed by atoms with Crippen molar-refractivity contribution >= 4 is 27.9 Å². The van der Waals surface area contributed by atoms with Gasteiger partial charge in [0, 0.05) is 0 Å². The number of H-pyrrole nitrogens is 3. The van der Waals surface area contributed by atoms with E-state index in [1.165, 1.54) is 4.63 Å². The lowest BCUT2D eigenvalue weighted by atomic mass is 10.2. The number of hydrogen-bond acceptors (Lipinski definition) is 6. The van der Waals surface area contributed by atoms with Crippen LogP contribution in [0, 0.1) is 5.41 Å². The van der Waals surface area contributed by atoms with Crippen LogP contribution in [0.15, 0.2) is 0 Å². The standard InChI is InChI=1S/C6H8N10/c7-1-2(8)4-6-5(3(1)9)11-13-15-16(6)14-12-10-4/h8,10,12,14H,7,9H2. The molecule has 3 rings (SSSR count). The average Bonchev–Trinajstić information content (AvgIpc) is 2.33. The zero-order valence-electron chi connectivity index (χ0n) is 7.94. The minimum atomic E-state index is 0.0857. The minimum Gasteiger partial charge on any atom is -0.395 e. The third-order valence-electron chi connectivity index (χ3n) is 2.36. The first kappa shape index (κ1) is 8.52. The molecule has 2 aromatic heterocycles. The number of nitrogen functional groups attached to an aromatic ring is 2. The topological polar surface area (TPSA) is 166 Å². The van der Waals surface area contributed by atoms with Gasteiger partial charge in [0.1, 0.15) is 21.9 Å². The van der Waals surface area contributed by atoms with Gasteiger partial charge in [-0.25, -0.2) is 10.4 Å². The lowest BCUT2D eigenvalue weighted by Crippen LogP contribution is -2.19. The van der Waals surface area contributed by atoms with Gasteiger partial charge in [-0.3, -0.25) is 10.5 Å². The van der Waals surface area contributed by atoms with Gasteiger partial charge in [-0.1, -0.05) is 0 Å². The predicted molar refractivity (Wildman–Crippen MR) is 54.8 cm³/mol. The second-order valence-electron chi connectivity index (χ2n) is 3.23. The molecule has 16 heavy (non-hydrogen) atoms. The Bertz CT molecular complexity index is 746. The lowest BCUT2D eigenvalue weighted by molar-refractivity contribution is 0.603. The summed E-state index contributed by atoms with van der Waals surface area (Å²) >= 11 is 0. The Labute approximate surface area is 86.7 Å². The number of nitrogens with one attached hydrogen (secondary N) is 4. The molecule has 0 aliphatic carbocycles. The van der Waals surface area contributed by atoms with Crippen molar-refractivity contribution in [2.45, 2.75) is 0 Å². The zero-order valence-corrected chi connectivity index (χ0v) is 7.94. The average molecular weight is 220 g/mol. The van der Waals surface area contributed by atoms with E-state index in [1.54, 1.807) is 0 Å². The molecule has 0 amide bonds. The van der Waals surface area contributed by atoms with Gasteiger partial charge in [0.25, 0.3) is 0 Å². The fourth-order valence-corrected chi connectivity index (χ4v) is 1.56. The van der Waals surface area contributed by atoms with Crippen molar-refractivity contribution in [3.8, 4) is 0 Å². The number of benzene rings is 1. The molecule has 0 saturated heterocycles. The van der Waals surface area contributed by atoms with E-state index in [0.29, 0.717) is 16.6 Å². The maximum absolute atomic E-state index is 7.82. The van der Waals surface area contributed by atoms with Crippen LogP contribution in [0.2, 0.25) is 0 Å². The van der Waals surface area contributed by atoms with Crippen molar-refractivity contribution in [2.75, 3.05) is 11.5 Å². The van der Waals surface area contributed by atoms with E-state index in [1.807, 2.05) is 0 Å². The second kappa shape index (κ2) is 2.62. The Balaban J connectivity index is 2.80. The molecule has 0 aliphatic rings. The van der Waals surface area contributed by atoms with Gasteiger partial charge in [0.2, 0.25) is 0 Å². The third kappa shape index (κ3) is 0.846. The van der Waals surface area contributed by atoms with Gasteiger partial charge in [-0.05, 0) is 10.4 Å². The van der Waals surface area contributed by atoms with Crippen molar-refractivity contribution in [2.24, 2.45) is 0 Å². The number of rotatable bonds is 0. The summed E-state index contributed by atoms with van der Waals surface area (Å²) in [5, 5.41) is 27.0. The predicted octanol–water partition coefficient (Wildman–Crippen LogP) is -1.53. The first-order valence-corrected chi connectivity index (χ1v) is 4.35. The second-order valence-corrected chi connectivity index (χ2v) is 3.23. The molecule has 1 aromatic carbocycles. The van der Waals surface area contributed by atoms with Crippen LogP contribution in [-0.2, 0) is 0 Å². The summed E-state index contributed by atoms with van der Waals surface area (Å²) in [4.78, 5) is 0. The van der Waals surface area contributed by atoms with Crippen molar-refractivity contribution in [1.29, 1.82) is 5.41 Å². The molecule has 0 spiro atoms. The fraction of sp³-hybridized carbons (Fsp3) is 0. The Morgan fingerprint density at radius 2 is 2.06 bits per heavy atom. The van der Waals surface area contributed by atoms with Gasteiger partial charge in [0.15, 0.2) is 0 Å². The summed E-state index contributed by atoms with van der Waals surface area (Å²) in [5.41, 5.74) is 13.2. The number of nitrogens with zero attached hydrogens (tertiary/aromatic N) is 4. The largest absolute Gasteiger partial charge is 0.395 e. The van der Waals surface area contributed by atoms with Gasteiger partial charge in [-0.2, -0.15) is 0 Å². The number of hydrogen-bond donors (Lipinski definition) is 6. The fourth-order valence-electron chi connectivity index (χ4n) is 1.56. The van der Waals surface area contributed by atoms with Crippen LogP contribution < -0.4 is 16.8 Å². The van der Waals surface area contributed by atoms with Gasteiger partial charge >= 0.3 is 0 Å². The van der Waals surface area contributed by atoms with Crippen LogP contribution >= 0.6 is 0 Å². The molecule has 2 heterocycles. The van der Waals surface area contributed by atoms with E-state index < -0.39 is 0 Å². The quantitative estimate of drug-likeness (QED) is 0.252. The summed E-state index contributed by atoms with van der Waals surface area (Å²) in [5.74, 6) is 0. The van der Waals surface area contributed by atoms with Gasteiger partial charge in [0.05, 0.1) is 11.4 Å². The number of aromatic nitrogens is 7. The normalized spacial score (nSPS) is 11.2. The molecular weight excluding hydrogens is 212 g/mol. The highest BCUT2D eigenvalue weighted by Crippen LogP contribution is 2.21. The maximum atomic E-state index is 7.82. The van der Waals surface area contributed by atoms with Gasteiger partial charge in [-0.15, -0.1) is 9.73 Å². The molecule has 0 saturated carbocycles. The molecule has 0 unspecified atom stereocenters. The van der Waals surface area contributed by atoms with Crippen molar-refractivity contribution < 1.29 is 0 Å². The molecule has 3 aromatic rings. The molecular formula is C6H8N10. The van der Waals surface area contributed by atoms with E-state index >= 15 is 0 Å². The SMILES string of the molecule is N=c1c(N)c(N)c2nnnn3[nH][nH][nH]c1c23. The molecule has 0 atom stereocenters. The van der Waals surface area contributed by atoms with Crippen LogP contribution in [0.3, 0.4) is 0 Å².